The largest absolute Gasteiger partial charge is 0.313 e. The third-order valence-electron chi connectivity index (χ3n) is 2.46. The number of halogens is 1. The zero-order valence-electron chi connectivity index (χ0n) is 8.56. The second-order valence-corrected chi connectivity index (χ2v) is 6.12. The molecule has 16 heavy (non-hydrogen) atoms. The van der Waals surface area contributed by atoms with Crippen LogP contribution in [-0.2, 0) is 9.84 Å². The second-order valence-electron chi connectivity index (χ2n) is 3.76. The standard InChI is InChI=1S/C9H12ClN3O2S/c10-7-4-12-9(13-5-7)16(14,15)6-8-2-1-3-11-8/h4-5,8,11H,1-3,6H2. The number of nitrogens with one attached hydrogen (secondary N) is 1. The number of aromatic nitrogens is 2. The molecule has 0 radical (unpaired) electrons. The van der Waals surface area contributed by atoms with Gasteiger partial charge in [0.1, 0.15) is 0 Å². The highest BCUT2D eigenvalue weighted by Gasteiger charge is 2.25. The Morgan fingerprint density at radius 2 is 2.12 bits per heavy atom. The van der Waals surface area contributed by atoms with Gasteiger partial charge in [-0.2, -0.15) is 0 Å². The molecule has 1 aliphatic heterocycles. The predicted molar refractivity (Wildman–Crippen MR) is 60.1 cm³/mol. The third kappa shape index (κ3) is 2.69. The first-order valence-corrected chi connectivity index (χ1v) is 7.05. The third-order valence-corrected chi connectivity index (χ3v) is 4.26. The van der Waals surface area contributed by atoms with Crippen LogP contribution in [0.3, 0.4) is 0 Å². The van der Waals surface area contributed by atoms with Gasteiger partial charge >= 0.3 is 0 Å². The summed E-state index contributed by atoms with van der Waals surface area (Å²) in [7, 11) is -3.40. The van der Waals surface area contributed by atoms with Crippen LogP contribution in [0.1, 0.15) is 12.8 Å². The maximum absolute atomic E-state index is 11.9. The van der Waals surface area contributed by atoms with Gasteiger partial charge in [-0.3, -0.25) is 0 Å². The molecule has 1 saturated heterocycles. The highest BCUT2D eigenvalue weighted by Crippen LogP contribution is 2.13. The zero-order chi connectivity index (χ0) is 11.6. The van der Waals surface area contributed by atoms with Gasteiger partial charge in [0.05, 0.1) is 23.2 Å². The Balaban J connectivity index is 2.14. The fourth-order valence-electron chi connectivity index (χ4n) is 1.70. The minimum absolute atomic E-state index is 0.0179. The molecule has 1 N–H and O–H groups in total. The lowest BCUT2D eigenvalue weighted by Crippen LogP contribution is -2.30. The summed E-state index contributed by atoms with van der Waals surface area (Å²) in [5.41, 5.74) is 0. The maximum atomic E-state index is 11.9. The topological polar surface area (TPSA) is 72.0 Å². The average Bonchev–Trinajstić information content (AvgIpc) is 2.70. The van der Waals surface area contributed by atoms with Crippen molar-refractivity contribution in [1.82, 2.24) is 15.3 Å². The fraction of sp³-hybridized carbons (Fsp3) is 0.556. The smallest absolute Gasteiger partial charge is 0.247 e. The van der Waals surface area contributed by atoms with Gasteiger partial charge in [0.2, 0.25) is 15.0 Å². The molecule has 7 heteroatoms. The molecule has 1 aromatic heterocycles. The van der Waals surface area contributed by atoms with Gasteiger partial charge < -0.3 is 5.32 Å². The van der Waals surface area contributed by atoms with E-state index in [9.17, 15) is 8.42 Å². The summed E-state index contributed by atoms with van der Waals surface area (Å²) < 4.78 is 23.8. The van der Waals surface area contributed by atoms with E-state index in [4.69, 9.17) is 11.6 Å². The highest BCUT2D eigenvalue weighted by atomic mass is 35.5. The summed E-state index contributed by atoms with van der Waals surface area (Å²) >= 11 is 5.60. The van der Waals surface area contributed by atoms with Crippen molar-refractivity contribution in [2.75, 3.05) is 12.3 Å². The molecule has 2 rings (SSSR count). The van der Waals surface area contributed by atoms with Crippen LogP contribution in [0.5, 0.6) is 0 Å². The van der Waals surface area contributed by atoms with Crippen molar-refractivity contribution in [3.8, 4) is 0 Å². The van der Waals surface area contributed by atoms with Crippen molar-refractivity contribution < 1.29 is 8.42 Å². The van der Waals surface area contributed by atoms with E-state index in [-0.39, 0.29) is 17.0 Å². The van der Waals surface area contributed by atoms with Crippen molar-refractivity contribution >= 4 is 21.4 Å². The number of nitrogens with zero attached hydrogens (tertiary/aromatic N) is 2. The van der Waals surface area contributed by atoms with Crippen molar-refractivity contribution in [3.05, 3.63) is 17.4 Å². The molecule has 1 fully saturated rings. The maximum Gasteiger partial charge on any atom is 0.247 e. The van der Waals surface area contributed by atoms with Crippen molar-refractivity contribution in [2.24, 2.45) is 0 Å². The summed E-state index contributed by atoms with van der Waals surface area (Å²) in [6.07, 6.45) is 4.49. The molecule has 0 bridgehead atoms. The van der Waals surface area contributed by atoms with E-state index in [2.05, 4.69) is 15.3 Å². The molecule has 0 amide bonds. The normalized spacial score (nSPS) is 21.2. The molecule has 0 aliphatic carbocycles. The molecule has 88 valence electrons. The van der Waals surface area contributed by atoms with E-state index in [1.165, 1.54) is 12.4 Å². The zero-order valence-corrected chi connectivity index (χ0v) is 10.1. The van der Waals surface area contributed by atoms with Crippen LogP contribution in [0, 0.1) is 0 Å². The van der Waals surface area contributed by atoms with Gasteiger partial charge in [-0.05, 0) is 19.4 Å². The van der Waals surface area contributed by atoms with Gasteiger partial charge in [-0.25, -0.2) is 18.4 Å². The first-order chi connectivity index (χ1) is 7.58. The summed E-state index contributed by atoms with van der Waals surface area (Å²) in [6.45, 7) is 0.877. The van der Waals surface area contributed by atoms with E-state index >= 15 is 0 Å². The molecule has 0 saturated carbocycles. The van der Waals surface area contributed by atoms with Crippen LogP contribution in [0.2, 0.25) is 5.02 Å². The lowest BCUT2D eigenvalue weighted by atomic mass is 10.3. The fourth-order valence-corrected chi connectivity index (χ4v) is 3.19. The monoisotopic (exact) mass is 261 g/mol. The SMILES string of the molecule is O=S(=O)(CC1CCCN1)c1ncc(Cl)cn1. The van der Waals surface area contributed by atoms with Crippen LogP contribution in [-0.4, -0.2) is 36.7 Å². The van der Waals surface area contributed by atoms with E-state index in [0.29, 0.717) is 5.02 Å². The molecule has 1 atom stereocenters. The van der Waals surface area contributed by atoms with E-state index in [1.54, 1.807) is 0 Å². The Morgan fingerprint density at radius 3 is 2.69 bits per heavy atom. The lowest BCUT2D eigenvalue weighted by Gasteiger charge is -2.09. The first-order valence-electron chi connectivity index (χ1n) is 5.01. The highest BCUT2D eigenvalue weighted by molar-refractivity contribution is 7.91. The molecule has 1 aliphatic rings. The Labute approximate surface area is 99.2 Å². The van der Waals surface area contributed by atoms with Crippen LogP contribution in [0.25, 0.3) is 0 Å². The molecular weight excluding hydrogens is 250 g/mol. The minimum Gasteiger partial charge on any atom is -0.313 e. The second kappa shape index (κ2) is 4.65. The van der Waals surface area contributed by atoms with Crippen molar-refractivity contribution in [1.29, 1.82) is 0 Å². The van der Waals surface area contributed by atoms with Gasteiger partial charge in [-0.1, -0.05) is 11.6 Å². The van der Waals surface area contributed by atoms with Crippen molar-refractivity contribution in [3.63, 3.8) is 0 Å². The van der Waals surface area contributed by atoms with Crippen LogP contribution >= 0.6 is 11.6 Å². The van der Waals surface area contributed by atoms with Gasteiger partial charge in [0.15, 0.2) is 0 Å². The molecule has 5 nitrogen and oxygen atoms in total. The van der Waals surface area contributed by atoms with E-state index in [0.717, 1.165) is 19.4 Å². The number of sulfone groups is 1. The number of hydrogen-bond donors (Lipinski definition) is 1. The lowest BCUT2D eigenvalue weighted by molar-refractivity contribution is 0.568. The molecule has 0 spiro atoms. The number of rotatable bonds is 3. The Bertz CT molecular complexity index is 454. The molecule has 1 aromatic rings. The Morgan fingerprint density at radius 1 is 1.44 bits per heavy atom. The molecule has 2 heterocycles. The summed E-state index contributed by atoms with van der Waals surface area (Å²) in [5.74, 6) is 0.0502. The van der Waals surface area contributed by atoms with Crippen molar-refractivity contribution in [2.45, 2.75) is 24.0 Å². The summed E-state index contributed by atoms with van der Waals surface area (Å²) in [4.78, 5) is 7.47. The summed E-state index contributed by atoms with van der Waals surface area (Å²) in [5, 5.41) is 3.32. The minimum atomic E-state index is -3.40. The van der Waals surface area contributed by atoms with E-state index in [1.807, 2.05) is 0 Å². The number of hydrogen-bond acceptors (Lipinski definition) is 5. The van der Waals surface area contributed by atoms with Crippen LogP contribution in [0.4, 0.5) is 0 Å². The van der Waals surface area contributed by atoms with Gasteiger partial charge in [-0.15, -0.1) is 0 Å². The molecular formula is C9H12ClN3O2S. The quantitative estimate of drug-likeness (QED) is 0.809. The van der Waals surface area contributed by atoms with Gasteiger partial charge in [0.25, 0.3) is 0 Å². The predicted octanol–water partition coefficient (Wildman–Crippen LogP) is 0.656. The van der Waals surface area contributed by atoms with Crippen LogP contribution in [0.15, 0.2) is 17.6 Å². The molecule has 1 unspecified atom stereocenters. The summed E-state index contributed by atoms with van der Waals surface area (Å²) in [6, 6.07) is 0.0179. The average molecular weight is 262 g/mol. The first kappa shape index (κ1) is 11.8. The van der Waals surface area contributed by atoms with Crippen LogP contribution < -0.4 is 5.32 Å². The van der Waals surface area contributed by atoms with E-state index < -0.39 is 9.84 Å². The molecule has 0 aromatic carbocycles. The Kier molecular flexibility index (Phi) is 3.41. The van der Waals surface area contributed by atoms with Gasteiger partial charge in [0, 0.05) is 6.04 Å². The Hall–Kier alpha value is -0.720.